The van der Waals surface area contributed by atoms with E-state index in [1.807, 2.05) is 41.3 Å². The third kappa shape index (κ3) is 3.49. The zero-order valence-corrected chi connectivity index (χ0v) is 17.4. The van der Waals surface area contributed by atoms with E-state index in [1.165, 1.54) is 4.57 Å². The number of hydrogen-bond donors (Lipinski definition) is 0. The van der Waals surface area contributed by atoms with Crippen LogP contribution in [0.25, 0.3) is 16.5 Å². The molecule has 2 fully saturated rings. The number of hydrogen-bond acceptors (Lipinski definition) is 5. The Morgan fingerprint density at radius 1 is 1.00 bits per heavy atom. The van der Waals surface area contributed by atoms with Gasteiger partial charge < -0.3 is 19.1 Å². The summed E-state index contributed by atoms with van der Waals surface area (Å²) in [6.45, 7) is 2.30. The minimum Gasteiger partial charge on any atom is -0.497 e. The molecule has 0 radical (unpaired) electrons. The Balaban J connectivity index is 1.56. The standard InChI is InChI=1S/C24H24N2O5/c1-29-18-6-4-5-17(15-18)26-16-21(19-7-2-3-8-20(19)23(26)28)22(27)25-11-9-24(10-12-25)30-13-14-31-24/h2-8,15-16H,9-14H2,1H3. The summed E-state index contributed by atoms with van der Waals surface area (Å²) in [6.07, 6.45) is 2.94. The van der Waals surface area contributed by atoms with Gasteiger partial charge in [-0.2, -0.15) is 0 Å². The van der Waals surface area contributed by atoms with Gasteiger partial charge in [-0.05, 0) is 18.2 Å². The summed E-state index contributed by atoms with van der Waals surface area (Å²) >= 11 is 0. The molecule has 0 N–H and O–H groups in total. The number of rotatable bonds is 3. The van der Waals surface area contributed by atoms with Gasteiger partial charge in [0, 0.05) is 49.0 Å². The van der Waals surface area contributed by atoms with Crippen molar-refractivity contribution in [2.45, 2.75) is 18.6 Å². The van der Waals surface area contributed by atoms with Crippen LogP contribution >= 0.6 is 0 Å². The van der Waals surface area contributed by atoms with Gasteiger partial charge >= 0.3 is 0 Å². The minimum absolute atomic E-state index is 0.0966. The van der Waals surface area contributed by atoms with Crippen LogP contribution in [0, 0.1) is 0 Å². The van der Waals surface area contributed by atoms with Crippen molar-refractivity contribution in [3.05, 3.63) is 70.6 Å². The lowest BCUT2D eigenvalue weighted by molar-refractivity contribution is -0.181. The van der Waals surface area contributed by atoms with Crippen molar-refractivity contribution in [1.29, 1.82) is 0 Å². The second-order valence-electron chi connectivity index (χ2n) is 7.86. The van der Waals surface area contributed by atoms with E-state index in [4.69, 9.17) is 14.2 Å². The van der Waals surface area contributed by atoms with E-state index in [1.54, 1.807) is 25.4 Å². The van der Waals surface area contributed by atoms with Crippen molar-refractivity contribution >= 4 is 16.7 Å². The molecule has 1 aromatic heterocycles. The maximum atomic E-state index is 13.5. The molecule has 2 aromatic carbocycles. The maximum absolute atomic E-state index is 13.5. The summed E-state index contributed by atoms with van der Waals surface area (Å²) in [5.74, 6) is 0.00196. The van der Waals surface area contributed by atoms with Crippen LogP contribution in [0.2, 0.25) is 0 Å². The highest BCUT2D eigenvalue weighted by molar-refractivity contribution is 6.06. The number of nitrogens with zero attached hydrogens (tertiary/aromatic N) is 2. The molecule has 0 aliphatic carbocycles. The first-order valence-electron chi connectivity index (χ1n) is 10.5. The lowest BCUT2D eigenvalue weighted by atomic mass is 10.0. The molecule has 5 rings (SSSR count). The van der Waals surface area contributed by atoms with Crippen LogP contribution in [0.5, 0.6) is 5.75 Å². The number of carbonyl (C=O) groups excluding carboxylic acids is 1. The van der Waals surface area contributed by atoms with Crippen LogP contribution in [-0.4, -0.2) is 54.6 Å². The second kappa shape index (κ2) is 7.83. The number of fused-ring (bicyclic) bond motifs is 1. The highest BCUT2D eigenvalue weighted by Crippen LogP contribution is 2.32. The van der Waals surface area contributed by atoms with Gasteiger partial charge in [0.15, 0.2) is 5.79 Å². The number of piperidine rings is 1. The topological polar surface area (TPSA) is 70.0 Å². The van der Waals surface area contributed by atoms with E-state index < -0.39 is 5.79 Å². The number of amides is 1. The normalized spacial score (nSPS) is 17.9. The molecule has 7 nitrogen and oxygen atoms in total. The highest BCUT2D eigenvalue weighted by Gasteiger charge is 2.41. The molecule has 2 aliphatic rings. The highest BCUT2D eigenvalue weighted by atomic mass is 16.7. The van der Waals surface area contributed by atoms with Crippen LogP contribution in [0.15, 0.2) is 59.5 Å². The van der Waals surface area contributed by atoms with Crippen LogP contribution in [-0.2, 0) is 9.47 Å². The predicted molar refractivity (Wildman–Crippen MR) is 116 cm³/mol. The average Bonchev–Trinajstić information content (AvgIpc) is 3.27. The van der Waals surface area contributed by atoms with Crippen molar-refractivity contribution in [1.82, 2.24) is 9.47 Å². The van der Waals surface area contributed by atoms with E-state index in [0.29, 0.717) is 66.9 Å². The van der Waals surface area contributed by atoms with Gasteiger partial charge in [0.25, 0.3) is 11.5 Å². The molecular formula is C24H24N2O5. The minimum atomic E-state index is -0.543. The van der Waals surface area contributed by atoms with Gasteiger partial charge in [-0.15, -0.1) is 0 Å². The number of benzene rings is 2. The molecule has 0 atom stereocenters. The number of likely N-dealkylation sites (tertiary alicyclic amines) is 1. The quantitative estimate of drug-likeness (QED) is 0.652. The third-order valence-corrected chi connectivity index (χ3v) is 6.11. The Morgan fingerprint density at radius 3 is 2.42 bits per heavy atom. The Bertz CT molecular complexity index is 1190. The number of methoxy groups -OCH3 is 1. The molecule has 1 amide bonds. The van der Waals surface area contributed by atoms with Gasteiger partial charge in [0.05, 0.1) is 31.6 Å². The first kappa shape index (κ1) is 19.8. The van der Waals surface area contributed by atoms with Gasteiger partial charge in [-0.3, -0.25) is 14.2 Å². The Hall–Kier alpha value is -3.16. The lowest BCUT2D eigenvalue weighted by Crippen LogP contribution is -2.47. The van der Waals surface area contributed by atoms with Crippen molar-refractivity contribution in [3.63, 3.8) is 0 Å². The van der Waals surface area contributed by atoms with E-state index >= 15 is 0 Å². The van der Waals surface area contributed by atoms with Gasteiger partial charge in [-0.25, -0.2) is 0 Å². The van der Waals surface area contributed by atoms with Gasteiger partial charge in [-0.1, -0.05) is 24.3 Å². The molecule has 2 aliphatic heterocycles. The summed E-state index contributed by atoms with van der Waals surface area (Å²) in [7, 11) is 1.58. The first-order valence-corrected chi connectivity index (χ1v) is 10.5. The lowest BCUT2D eigenvalue weighted by Gasteiger charge is -2.37. The first-order chi connectivity index (χ1) is 15.1. The molecule has 2 saturated heterocycles. The van der Waals surface area contributed by atoms with Crippen molar-refractivity contribution in [3.8, 4) is 11.4 Å². The average molecular weight is 420 g/mol. The molecule has 31 heavy (non-hydrogen) atoms. The zero-order chi connectivity index (χ0) is 21.4. The molecule has 160 valence electrons. The molecule has 0 saturated carbocycles. The van der Waals surface area contributed by atoms with Gasteiger partial charge in [0.1, 0.15) is 5.75 Å². The van der Waals surface area contributed by atoms with Crippen LogP contribution in [0.4, 0.5) is 0 Å². The fraction of sp³-hybridized carbons (Fsp3) is 0.333. The maximum Gasteiger partial charge on any atom is 0.262 e. The number of ether oxygens (including phenoxy) is 3. The van der Waals surface area contributed by atoms with Crippen molar-refractivity contribution in [2.24, 2.45) is 0 Å². The molecule has 3 heterocycles. The summed E-state index contributed by atoms with van der Waals surface area (Å²) in [5.41, 5.74) is 0.975. The molecule has 1 spiro atoms. The fourth-order valence-electron chi connectivity index (χ4n) is 4.42. The van der Waals surface area contributed by atoms with Crippen molar-refractivity contribution < 1.29 is 19.0 Å². The Morgan fingerprint density at radius 2 is 1.71 bits per heavy atom. The fourth-order valence-corrected chi connectivity index (χ4v) is 4.42. The molecular weight excluding hydrogens is 396 g/mol. The predicted octanol–water partition coefficient (Wildman–Crippen LogP) is 2.98. The SMILES string of the molecule is COc1cccc(-n2cc(C(=O)N3CCC4(CC3)OCCO4)c3ccccc3c2=O)c1. The van der Waals surface area contributed by atoms with E-state index in [2.05, 4.69) is 0 Å². The molecule has 0 unspecified atom stereocenters. The summed E-state index contributed by atoms with van der Waals surface area (Å²) in [4.78, 5) is 28.6. The summed E-state index contributed by atoms with van der Waals surface area (Å²) < 4.78 is 18.4. The van der Waals surface area contributed by atoms with E-state index in [0.717, 1.165) is 0 Å². The smallest absolute Gasteiger partial charge is 0.262 e. The van der Waals surface area contributed by atoms with E-state index in [-0.39, 0.29) is 11.5 Å². The number of pyridine rings is 1. The Labute approximate surface area is 179 Å². The molecule has 7 heteroatoms. The zero-order valence-electron chi connectivity index (χ0n) is 17.4. The van der Waals surface area contributed by atoms with Crippen LogP contribution in [0.3, 0.4) is 0 Å². The largest absolute Gasteiger partial charge is 0.497 e. The molecule has 0 bridgehead atoms. The Kier molecular flexibility index (Phi) is 5.00. The number of carbonyl (C=O) groups is 1. The summed E-state index contributed by atoms with van der Waals surface area (Å²) in [5, 5.41) is 1.16. The second-order valence-corrected chi connectivity index (χ2v) is 7.86. The van der Waals surface area contributed by atoms with E-state index in [9.17, 15) is 9.59 Å². The van der Waals surface area contributed by atoms with Crippen LogP contribution < -0.4 is 10.3 Å². The molecule has 3 aromatic rings. The van der Waals surface area contributed by atoms with Crippen LogP contribution in [0.1, 0.15) is 23.2 Å². The third-order valence-electron chi connectivity index (χ3n) is 6.11. The van der Waals surface area contributed by atoms with Gasteiger partial charge in [0.2, 0.25) is 0 Å². The number of aromatic nitrogens is 1. The summed E-state index contributed by atoms with van der Waals surface area (Å²) in [6, 6.07) is 14.5. The van der Waals surface area contributed by atoms with Crippen molar-refractivity contribution in [2.75, 3.05) is 33.4 Å². The monoisotopic (exact) mass is 420 g/mol.